The molecule has 0 saturated heterocycles. The third-order valence-corrected chi connectivity index (χ3v) is 3.74. The average molecular weight is 312 g/mol. The molecule has 0 fully saturated rings. The van der Waals surface area contributed by atoms with Gasteiger partial charge in [0, 0.05) is 24.9 Å². The molecule has 5 heteroatoms. The SMILES string of the molecule is C=C(C)c1cccc(C(C)(C)NC(=O)NCCc2cnc[nH]2)c1. The van der Waals surface area contributed by atoms with Crippen molar-refractivity contribution in [1.82, 2.24) is 20.6 Å². The highest BCUT2D eigenvalue weighted by Crippen LogP contribution is 2.23. The summed E-state index contributed by atoms with van der Waals surface area (Å²) in [7, 11) is 0. The first-order chi connectivity index (χ1) is 10.9. The smallest absolute Gasteiger partial charge is 0.315 e. The van der Waals surface area contributed by atoms with Gasteiger partial charge in [-0.15, -0.1) is 0 Å². The first-order valence-corrected chi connectivity index (χ1v) is 7.68. The number of nitrogens with one attached hydrogen (secondary N) is 3. The van der Waals surface area contributed by atoms with Gasteiger partial charge in [-0.3, -0.25) is 0 Å². The standard InChI is InChI=1S/C18H24N4O/c1-13(2)14-6-5-7-15(10-14)18(3,4)22-17(23)20-9-8-16-11-19-12-21-16/h5-7,10-12H,1,8-9H2,2-4H3,(H,19,21)(H2,20,22,23). The molecule has 2 aromatic rings. The molecule has 1 aromatic heterocycles. The zero-order chi connectivity index (χ0) is 16.9. The predicted octanol–water partition coefficient (Wildman–Crippen LogP) is 3.22. The van der Waals surface area contributed by atoms with E-state index in [9.17, 15) is 4.79 Å². The van der Waals surface area contributed by atoms with Crippen LogP contribution >= 0.6 is 0 Å². The van der Waals surface area contributed by atoms with E-state index >= 15 is 0 Å². The van der Waals surface area contributed by atoms with Crippen molar-refractivity contribution in [1.29, 1.82) is 0 Å². The van der Waals surface area contributed by atoms with Crippen LogP contribution in [0.2, 0.25) is 0 Å². The molecule has 0 aliphatic rings. The summed E-state index contributed by atoms with van der Waals surface area (Å²) in [6.45, 7) is 10.5. The van der Waals surface area contributed by atoms with E-state index in [-0.39, 0.29) is 6.03 Å². The van der Waals surface area contributed by atoms with E-state index < -0.39 is 5.54 Å². The van der Waals surface area contributed by atoms with Gasteiger partial charge in [0.1, 0.15) is 0 Å². The Morgan fingerprint density at radius 1 is 1.39 bits per heavy atom. The van der Waals surface area contributed by atoms with Crippen LogP contribution in [0.25, 0.3) is 5.57 Å². The topological polar surface area (TPSA) is 69.8 Å². The number of nitrogens with zero attached hydrogens (tertiary/aromatic N) is 1. The Kier molecular flexibility index (Phi) is 5.21. The quantitative estimate of drug-likeness (QED) is 0.766. The van der Waals surface area contributed by atoms with E-state index in [1.807, 2.05) is 39.0 Å². The Morgan fingerprint density at radius 3 is 2.83 bits per heavy atom. The highest BCUT2D eigenvalue weighted by Gasteiger charge is 2.23. The van der Waals surface area contributed by atoms with Crippen molar-refractivity contribution in [3.8, 4) is 0 Å². The van der Waals surface area contributed by atoms with Crippen molar-refractivity contribution in [2.45, 2.75) is 32.7 Å². The minimum Gasteiger partial charge on any atom is -0.348 e. The van der Waals surface area contributed by atoms with Gasteiger partial charge in [-0.2, -0.15) is 0 Å². The fourth-order valence-corrected chi connectivity index (χ4v) is 2.31. The molecule has 0 unspecified atom stereocenters. The van der Waals surface area contributed by atoms with Gasteiger partial charge in [-0.05, 0) is 38.0 Å². The molecule has 5 nitrogen and oxygen atoms in total. The molecule has 2 amide bonds. The fourth-order valence-electron chi connectivity index (χ4n) is 2.31. The molecule has 0 spiro atoms. The molecule has 0 radical (unpaired) electrons. The number of hydrogen-bond acceptors (Lipinski definition) is 2. The summed E-state index contributed by atoms with van der Waals surface area (Å²) < 4.78 is 0. The lowest BCUT2D eigenvalue weighted by molar-refractivity contribution is 0.230. The Morgan fingerprint density at radius 2 is 2.17 bits per heavy atom. The summed E-state index contributed by atoms with van der Waals surface area (Å²) in [6.07, 6.45) is 4.11. The number of rotatable bonds is 6. The molecule has 2 rings (SSSR count). The van der Waals surface area contributed by atoms with E-state index in [0.29, 0.717) is 6.54 Å². The van der Waals surface area contributed by atoms with Crippen LogP contribution in [-0.4, -0.2) is 22.5 Å². The minimum atomic E-state index is -0.469. The predicted molar refractivity (Wildman–Crippen MR) is 93.0 cm³/mol. The van der Waals surface area contributed by atoms with E-state index in [2.05, 4.69) is 33.2 Å². The molecule has 1 aromatic carbocycles. The molecule has 3 N–H and O–H groups in total. The van der Waals surface area contributed by atoms with Gasteiger partial charge in [-0.1, -0.05) is 30.4 Å². The summed E-state index contributed by atoms with van der Waals surface area (Å²) in [4.78, 5) is 19.1. The molecule has 0 saturated carbocycles. The lowest BCUT2D eigenvalue weighted by Gasteiger charge is -2.27. The fraction of sp³-hybridized carbons (Fsp3) is 0.333. The molecule has 1 heterocycles. The number of aromatic nitrogens is 2. The third kappa shape index (κ3) is 4.71. The number of urea groups is 1. The van der Waals surface area contributed by atoms with Crippen molar-refractivity contribution in [2.75, 3.05) is 6.54 Å². The number of allylic oxidation sites excluding steroid dienone is 1. The lowest BCUT2D eigenvalue weighted by atomic mass is 9.92. The normalized spacial score (nSPS) is 11.1. The minimum absolute atomic E-state index is 0.185. The van der Waals surface area contributed by atoms with E-state index in [1.54, 1.807) is 12.5 Å². The molecule has 0 aliphatic heterocycles. The Labute approximate surface area is 137 Å². The number of hydrogen-bond donors (Lipinski definition) is 3. The van der Waals surface area contributed by atoms with Gasteiger partial charge in [0.05, 0.1) is 11.9 Å². The van der Waals surface area contributed by atoms with E-state index in [4.69, 9.17) is 0 Å². The van der Waals surface area contributed by atoms with Gasteiger partial charge in [0.15, 0.2) is 0 Å². The van der Waals surface area contributed by atoms with Crippen molar-refractivity contribution in [3.05, 3.63) is 60.2 Å². The summed E-state index contributed by atoms with van der Waals surface area (Å²) in [5.74, 6) is 0. The van der Waals surface area contributed by atoms with Crippen LogP contribution < -0.4 is 10.6 Å². The number of carbonyl (C=O) groups is 1. The summed E-state index contributed by atoms with van der Waals surface area (Å²) >= 11 is 0. The molecule has 0 atom stereocenters. The van der Waals surface area contributed by atoms with Gasteiger partial charge < -0.3 is 15.6 Å². The summed E-state index contributed by atoms with van der Waals surface area (Å²) in [5, 5.41) is 5.88. The molecular weight excluding hydrogens is 288 g/mol. The number of carbonyl (C=O) groups excluding carboxylic acids is 1. The van der Waals surface area contributed by atoms with Crippen LogP contribution in [0, 0.1) is 0 Å². The van der Waals surface area contributed by atoms with Crippen molar-refractivity contribution in [2.24, 2.45) is 0 Å². The Hall–Kier alpha value is -2.56. The first-order valence-electron chi connectivity index (χ1n) is 7.68. The van der Waals surface area contributed by atoms with E-state index in [0.717, 1.165) is 28.8 Å². The van der Waals surface area contributed by atoms with Crippen LogP contribution in [0.3, 0.4) is 0 Å². The number of H-pyrrole nitrogens is 1. The molecular formula is C18H24N4O. The number of benzene rings is 1. The zero-order valence-electron chi connectivity index (χ0n) is 13.9. The highest BCUT2D eigenvalue weighted by atomic mass is 16.2. The van der Waals surface area contributed by atoms with Crippen LogP contribution in [0.1, 0.15) is 37.6 Å². The molecule has 0 bridgehead atoms. The van der Waals surface area contributed by atoms with Crippen molar-refractivity contribution < 1.29 is 4.79 Å². The van der Waals surface area contributed by atoms with E-state index in [1.165, 1.54) is 0 Å². The number of aromatic amines is 1. The molecule has 0 aliphatic carbocycles. The van der Waals surface area contributed by atoms with Crippen molar-refractivity contribution in [3.63, 3.8) is 0 Å². The van der Waals surface area contributed by atoms with Gasteiger partial charge in [0.2, 0.25) is 0 Å². The maximum absolute atomic E-state index is 12.1. The zero-order valence-corrected chi connectivity index (χ0v) is 13.9. The maximum atomic E-state index is 12.1. The van der Waals surface area contributed by atoms with Gasteiger partial charge in [0.25, 0.3) is 0 Å². The molecule has 23 heavy (non-hydrogen) atoms. The monoisotopic (exact) mass is 312 g/mol. The Balaban J connectivity index is 1.92. The summed E-state index contributed by atoms with van der Waals surface area (Å²) in [5.41, 5.74) is 3.66. The largest absolute Gasteiger partial charge is 0.348 e. The summed E-state index contributed by atoms with van der Waals surface area (Å²) in [6, 6.07) is 7.89. The van der Waals surface area contributed by atoms with Gasteiger partial charge >= 0.3 is 6.03 Å². The van der Waals surface area contributed by atoms with Crippen LogP contribution in [-0.2, 0) is 12.0 Å². The second-order valence-electron chi connectivity index (χ2n) is 6.19. The second kappa shape index (κ2) is 7.13. The number of amides is 2. The second-order valence-corrected chi connectivity index (χ2v) is 6.19. The van der Waals surface area contributed by atoms with Crippen LogP contribution in [0.5, 0.6) is 0 Å². The third-order valence-electron chi connectivity index (χ3n) is 3.74. The lowest BCUT2D eigenvalue weighted by Crippen LogP contribution is -2.46. The highest BCUT2D eigenvalue weighted by molar-refractivity contribution is 5.75. The first kappa shape index (κ1) is 16.8. The van der Waals surface area contributed by atoms with Crippen LogP contribution in [0.4, 0.5) is 4.79 Å². The average Bonchev–Trinajstić information content (AvgIpc) is 3.00. The molecule has 122 valence electrons. The Bertz CT molecular complexity index is 674. The maximum Gasteiger partial charge on any atom is 0.315 e. The number of imidazole rings is 1. The van der Waals surface area contributed by atoms with Crippen LogP contribution in [0.15, 0.2) is 43.4 Å². The van der Waals surface area contributed by atoms with Crippen molar-refractivity contribution >= 4 is 11.6 Å². The van der Waals surface area contributed by atoms with Gasteiger partial charge in [-0.25, -0.2) is 9.78 Å².